The molecule has 0 spiro atoms. The second kappa shape index (κ2) is 5.27. The number of benzene rings is 1. The van der Waals surface area contributed by atoms with E-state index in [-0.39, 0.29) is 12.5 Å². The van der Waals surface area contributed by atoms with E-state index in [9.17, 15) is 4.79 Å². The minimum absolute atomic E-state index is 0.184. The van der Waals surface area contributed by atoms with Crippen molar-refractivity contribution < 1.29 is 14.9 Å². The Morgan fingerprint density at radius 1 is 1.47 bits per heavy atom. The van der Waals surface area contributed by atoms with Crippen LogP contribution < -0.4 is 5.73 Å². The summed E-state index contributed by atoms with van der Waals surface area (Å²) in [6.07, 6.45) is 0.920. The topological polar surface area (TPSA) is 75.8 Å². The molecule has 5 heteroatoms. The Hall–Kier alpha value is -1.43. The standard InChI is InChI=1S/C12H16N2O3/c13-12(15)7-14-4-3-10-2-1-9(8-17-16)5-11(10)6-14/h1-2,5,16H,3-4,6-8H2,(H2,13,15). The molecule has 0 saturated carbocycles. The van der Waals surface area contributed by atoms with Crippen LogP contribution in [-0.2, 0) is 29.3 Å². The molecule has 1 aliphatic heterocycles. The maximum absolute atomic E-state index is 10.9. The van der Waals surface area contributed by atoms with Crippen molar-refractivity contribution in [3.8, 4) is 0 Å². The van der Waals surface area contributed by atoms with Crippen molar-refractivity contribution in [3.63, 3.8) is 0 Å². The van der Waals surface area contributed by atoms with Gasteiger partial charge < -0.3 is 5.73 Å². The van der Waals surface area contributed by atoms with Crippen LogP contribution in [0.15, 0.2) is 18.2 Å². The lowest BCUT2D eigenvalue weighted by molar-refractivity contribution is -0.253. The summed E-state index contributed by atoms with van der Waals surface area (Å²) in [7, 11) is 0. The number of primary amides is 1. The maximum atomic E-state index is 10.9. The lowest BCUT2D eigenvalue weighted by Crippen LogP contribution is -2.37. The molecule has 1 aromatic rings. The van der Waals surface area contributed by atoms with Crippen molar-refractivity contribution in [1.29, 1.82) is 0 Å². The van der Waals surface area contributed by atoms with Gasteiger partial charge in [0.25, 0.3) is 0 Å². The minimum atomic E-state index is -0.303. The fraction of sp³-hybridized carbons (Fsp3) is 0.417. The third-order valence-electron chi connectivity index (χ3n) is 2.97. The highest BCUT2D eigenvalue weighted by Crippen LogP contribution is 2.20. The molecule has 1 aromatic carbocycles. The SMILES string of the molecule is NC(=O)CN1CCc2ccc(COO)cc2C1. The number of carbonyl (C=O) groups is 1. The Labute approximate surface area is 99.7 Å². The molecule has 0 aliphatic carbocycles. The second-order valence-electron chi connectivity index (χ2n) is 4.30. The molecule has 92 valence electrons. The highest BCUT2D eigenvalue weighted by atomic mass is 17.1. The van der Waals surface area contributed by atoms with Crippen LogP contribution >= 0.6 is 0 Å². The zero-order chi connectivity index (χ0) is 12.3. The second-order valence-corrected chi connectivity index (χ2v) is 4.30. The summed E-state index contributed by atoms with van der Waals surface area (Å²) in [5.74, 6) is -0.303. The van der Waals surface area contributed by atoms with E-state index in [1.165, 1.54) is 11.1 Å². The zero-order valence-corrected chi connectivity index (χ0v) is 9.56. The van der Waals surface area contributed by atoms with Crippen molar-refractivity contribution in [2.45, 2.75) is 19.6 Å². The number of amides is 1. The molecule has 0 fully saturated rings. The van der Waals surface area contributed by atoms with Crippen LogP contribution in [0.4, 0.5) is 0 Å². The van der Waals surface area contributed by atoms with Crippen molar-refractivity contribution in [2.75, 3.05) is 13.1 Å². The highest BCUT2D eigenvalue weighted by Gasteiger charge is 2.17. The summed E-state index contributed by atoms with van der Waals surface area (Å²) in [5, 5.41) is 8.42. The average molecular weight is 236 g/mol. The highest BCUT2D eigenvalue weighted by molar-refractivity contribution is 5.75. The fourth-order valence-electron chi connectivity index (χ4n) is 2.19. The van der Waals surface area contributed by atoms with Gasteiger partial charge in [0.1, 0.15) is 6.61 Å². The predicted molar refractivity (Wildman–Crippen MR) is 62.0 cm³/mol. The fourth-order valence-corrected chi connectivity index (χ4v) is 2.19. The Morgan fingerprint density at radius 2 is 2.29 bits per heavy atom. The Morgan fingerprint density at radius 3 is 3.00 bits per heavy atom. The van der Waals surface area contributed by atoms with Crippen molar-refractivity contribution >= 4 is 5.91 Å². The van der Waals surface area contributed by atoms with E-state index < -0.39 is 0 Å². The molecular weight excluding hydrogens is 220 g/mol. The molecule has 2 rings (SSSR count). The summed E-state index contributed by atoms with van der Waals surface area (Å²) >= 11 is 0. The molecule has 0 unspecified atom stereocenters. The molecule has 0 radical (unpaired) electrons. The van der Waals surface area contributed by atoms with Crippen LogP contribution in [-0.4, -0.2) is 29.2 Å². The van der Waals surface area contributed by atoms with Gasteiger partial charge in [0, 0.05) is 13.1 Å². The minimum Gasteiger partial charge on any atom is -0.369 e. The van der Waals surface area contributed by atoms with Crippen LogP contribution in [0.1, 0.15) is 16.7 Å². The van der Waals surface area contributed by atoms with E-state index in [0.717, 1.165) is 25.1 Å². The maximum Gasteiger partial charge on any atom is 0.231 e. The van der Waals surface area contributed by atoms with E-state index in [2.05, 4.69) is 4.89 Å². The number of nitrogens with two attached hydrogens (primary N) is 1. The first-order valence-electron chi connectivity index (χ1n) is 5.56. The summed E-state index contributed by atoms with van der Waals surface area (Å²) in [5.41, 5.74) is 8.57. The largest absolute Gasteiger partial charge is 0.369 e. The van der Waals surface area contributed by atoms with Gasteiger partial charge in [0.05, 0.1) is 6.54 Å². The number of nitrogens with zero attached hydrogens (tertiary/aromatic N) is 1. The monoisotopic (exact) mass is 236 g/mol. The Kier molecular flexibility index (Phi) is 3.73. The molecule has 0 atom stereocenters. The summed E-state index contributed by atoms with van der Waals surface area (Å²) in [6.45, 7) is 2.05. The summed E-state index contributed by atoms with van der Waals surface area (Å²) in [6, 6.07) is 5.99. The average Bonchev–Trinajstić information content (AvgIpc) is 2.28. The van der Waals surface area contributed by atoms with Crippen molar-refractivity contribution in [1.82, 2.24) is 4.90 Å². The van der Waals surface area contributed by atoms with Gasteiger partial charge in [-0.3, -0.25) is 15.0 Å². The van der Waals surface area contributed by atoms with E-state index >= 15 is 0 Å². The third-order valence-corrected chi connectivity index (χ3v) is 2.97. The van der Waals surface area contributed by atoms with Crippen molar-refractivity contribution in [2.24, 2.45) is 5.73 Å². The first-order chi connectivity index (χ1) is 8.19. The van der Waals surface area contributed by atoms with Gasteiger partial charge in [-0.25, -0.2) is 4.89 Å². The molecule has 0 bridgehead atoms. The van der Waals surface area contributed by atoms with Gasteiger partial charge in [-0.15, -0.1) is 0 Å². The van der Waals surface area contributed by atoms with Crippen molar-refractivity contribution in [3.05, 3.63) is 34.9 Å². The molecule has 1 heterocycles. The van der Waals surface area contributed by atoms with Gasteiger partial charge >= 0.3 is 0 Å². The molecule has 0 aromatic heterocycles. The molecule has 0 saturated heterocycles. The molecule has 17 heavy (non-hydrogen) atoms. The first kappa shape index (κ1) is 12.0. The van der Waals surface area contributed by atoms with E-state index in [1.807, 2.05) is 23.1 Å². The predicted octanol–water partition coefficient (Wildman–Crippen LogP) is 0.520. The van der Waals surface area contributed by atoms with Crippen LogP contribution in [0.5, 0.6) is 0 Å². The summed E-state index contributed by atoms with van der Waals surface area (Å²) < 4.78 is 0. The molecule has 5 nitrogen and oxygen atoms in total. The van der Waals surface area contributed by atoms with Gasteiger partial charge in [0.2, 0.25) is 5.91 Å². The van der Waals surface area contributed by atoms with E-state index in [1.54, 1.807) is 0 Å². The number of hydrogen-bond acceptors (Lipinski definition) is 4. The first-order valence-corrected chi connectivity index (χ1v) is 5.56. The number of hydrogen-bond donors (Lipinski definition) is 2. The van der Waals surface area contributed by atoms with Crippen LogP contribution in [0, 0.1) is 0 Å². The van der Waals surface area contributed by atoms with Gasteiger partial charge in [-0.1, -0.05) is 18.2 Å². The molecule has 3 N–H and O–H groups in total. The summed E-state index contributed by atoms with van der Waals surface area (Å²) in [4.78, 5) is 17.0. The van der Waals surface area contributed by atoms with E-state index in [0.29, 0.717) is 6.54 Å². The molecule has 1 aliphatic rings. The number of rotatable bonds is 4. The quantitative estimate of drug-likeness (QED) is 0.590. The zero-order valence-electron chi connectivity index (χ0n) is 9.56. The number of fused-ring (bicyclic) bond motifs is 1. The van der Waals surface area contributed by atoms with Crippen LogP contribution in [0.3, 0.4) is 0 Å². The van der Waals surface area contributed by atoms with Gasteiger partial charge in [-0.2, -0.15) is 0 Å². The van der Waals surface area contributed by atoms with E-state index in [4.69, 9.17) is 11.0 Å². The van der Waals surface area contributed by atoms with Crippen LogP contribution in [0.25, 0.3) is 0 Å². The normalized spacial score (nSPS) is 15.6. The van der Waals surface area contributed by atoms with Crippen LogP contribution in [0.2, 0.25) is 0 Å². The lowest BCUT2D eigenvalue weighted by atomic mass is 9.97. The van der Waals surface area contributed by atoms with Gasteiger partial charge in [0.15, 0.2) is 0 Å². The molecule has 1 amide bonds. The Bertz CT molecular complexity index is 420. The molecular formula is C12H16N2O3. The van der Waals surface area contributed by atoms with Gasteiger partial charge in [-0.05, 0) is 23.1 Å². The lowest BCUT2D eigenvalue weighted by Gasteiger charge is -2.27. The smallest absolute Gasteiger partial charge is 0.231 e. The number of carbonyl (C=O) groups excluding carboxylic acids is 1. The Balaban J connectivity index is 2.11. The third kappa shape index (κ3) is 3.03.